The van der Waals surface area contributed by atoms with Crippen molar-refractivity contribution < 1.29 is 4.79 Å². The van der Waals surface area contributed by atoms with Gasteiger partial charge in [0.1, 0.15) is 0 Å². The Morgan fingerprint density at radius 3 is 2.89 bits per heavy atom. The minimum atomic E-state index is 0.269. The summed E-state index contributed by atoms with van der Waals surface area (Å²) < 4.78 is 0. The van der Waals surface area contributed by atoms with E-state index in [2.05, 4.69) is 42.3 Å². The largest absolute Gasteiger partial charge is 0.337 e. The zero-order valence-electron chi connectivity index (χ0n) is 11.8. The molecule has 2 saturated heterocycles. The molecule has 0 aliphatic carbocycles. The van der Waals surface area contributed by atoms with E-state index in [1.165, 1.54) is 23.1 Å². The fraction of sp³-hybridized carbons (Fsp3) is 0.562. The molecular weight excluding hydrogens is 236 g/mol. The fourth-order valence-corrected chi connectivity index (χ4v) is 3.54. The number of nitrogens with zero attached hydrogens (tertiary/aromatic N) is 1. The first-order valence-electron chi connectivity index (χ1n) is 7.27. The van der Waals surface area contributed by atoms with E-state index in [1.807, 2.05) is 0 Å². The summed E-state index contributed by atoms with van der Waals surface area (Å²) in [5.74, 6) is 0.269. The molecule has 2 atom stereocenters. The third-order valence-corrected chi connectivity index (χ3v) is 4.49. The molecule has 19 heavy (non-hydrogen) atoms. The standard InChI is InChI=1S/C16H22N2O/c1-11-6-7-13(12(2)9-11)16-14-5-3-4-8-18(14)15(19)10-17-16/h6-7,9,14,16-17H,3-5,8,10H2,1-2H3. The molecule has 2 aliphatic rings. The number of hydrogen-bond acceptors (Lipinski definition) is 2. The normalized spacial score (nSPS) is 27.3. The molecule has 1 aromatic carbocycles. The molecule has 2 unspecified atom stereocenters. The second-order valence-corrected chi connectivity index (χ2v) is 5.87. The molecule has 3 heteroatoms. The van der Waals surface area contributed by atoms with E-state index in [9.17, 15) is 4.79 Å². The van der Waals surface area contributed by atoms with Gasteiger partial charge in [-0.25, -0.2) is 0 Å². The van der Waals surface area contributed by atoms with Gasteiger partial charge in [0, 0.05) is 6.54 Å². The second kappa shape index (κ2) is 4.97. The number of benzene rings is 1. The second-order valence-electron chi connectivity index (χ2n) is 5.87. The molecule has 0 radical (unpaired) electrons. The first kappa shape index (κ1) is 12.7. The van der Waals surface area contributed by atoms with E-state index in [4.69, 9.17) is 0 Å². The summed E-state index contributed by atoms with van der Waals surface area (Å²) in [7, 11) is 0. The first-order valence-corrected chi connectivity index (χ1v) is 7.27. The van der Waals surface area contributed by atoms with E-state index in [1.54, 1.807) is 0 Å². The number of hydrogen-bond donors (Lipinski definition) is 1. The third-order valence-electron chi connectivity index (χ3n) is 4.49. The number of fused-ring (bicyclic) bond motifs is 1. The van der Waals surface area contributed by atoms with Gasteiger partial charge in [-0.05, 0) is 44.2 Å². The molecule has 3 nitrogen and oxygen atoms in total. The molecule has 2 aliphatic heterocycles. The summed E-state index contributed by atoms with van der Waals surface area (Å²) in [4.78, 5) is 14.1. The molecular formula is C16H22N2O. The molecule has 0 bridgehead atoms. The van der Waals surface area contributed by atoms with Gasteiger partial charge in [-0.3, -0.25) is 10.1 Å². The van der Waals surface area contributed by atoms with E-state index < -0.39 is 0 Å². The van der Waals surface area contributed by atoms with Crippen LogP contribution >= 0.6 is 0 Å². The highest BCUT2D eigenvalue weighted by atomic mass is 16.2. The summed E-state index contributed by atoms with van der Waals surface area (Å²) in [6.45, 7) is 5.72. The van der Waals surface area contributed by atoms with E-state index in [0.717, 1.165) is 19.4 Å². The molecule has 3 rings (SSSR count). The SMILES string of the molecule is Cc1ccc(C2NCC(=O)N3CCCCC23)c(C)c1. The van der Waals surface area contributed by atoms with Gasteiger partial charge in [0.2, 0.25) is 5.91 Å². The predicted octanol–water partition coefficient (Wildman–Crippen LogP) is 2.33. The fourth-order valence-electron chi connectivity index (χ4n) is 3.54. The van der Waals surface area contributed by atoms with Crippen LogP contribution in [-0.2, 0) is 4.79 Å². The summed E-state index contributed by atoms with van der Waals surface area (Å²) in [6.07, 6.45) is 3.51. The van der Waals surface area contributed by atoms with Crippen LogP contribution in [0.5, 0.6) is 0 Å². The van der Waals surface area contributed by atoms with Crippen LogP contribution in [-0.4, -0.2) is 29.9 Å². The van der Waals surface area contributed by atoms with Crippen molar-refractivity contribution in [3.8, 4) is 0 Å². The molecule has 102 valence electrons. The minimum absolute atomic E-state index is 0.269. The molecule has 0 aromatic heterocycles. The van der Waals surface area contributed by atoms with Gasteiger partial charge < -0.3 is 4.90 Å². The van der Waals surface area contributed by atoms with Crippen LogP contribution < -0.4 is 5.32 Å². The monoisotopic (exact) mass is 258 g/mol. The average Bonchev–Trinajstić information content (AvgIpc) is 2.41. The van der Waals surface area contributed by atoms with Gasteiger partial charge >= 0.3 is 0 Å². The van der Waals surface area contributed by atoms with Crippen molar-refractivity contribution in [1.29, 1.82) is 0 Å². The first-order chi connectivity index (χ1) is 9.16. The van der Waals surface area contributed by atoms with Crippen molar-refractivity contribution in [2.45, 2.75) is 45.2 Å². The molecule has 1 amide bonds. The highest BCUT2D eigenvalue weighted by Crippen LogP contribution is 2.32. The molecule has 0 spiro atoms. The Balaban J connectivity index is 1.92. The summed E-state index contributed by atoms with van der Waals surface area (Å²) in [5, 5.41) is 3.45. The van der Waals surface area contributed by atoms with E-state index in [-0.39, 0.29) is 5.91 Å². The van der Waals surface area contributed by atoms with E-state index >= 15 is 0 Å². The van der Waals surface area contributed by atoms with Crippen molar-refractivity contribution in [1.82, 2.24) is 10.2 Å². The maximum absolute atomic E-state index is 12.0. The highest BCUT2D eigenvalue weighted by Gasteiger charge is 2.37. The van der Waals surface area contributed by atoms with Crippen LogP contribution in [0.4, 0.5) is 0 Å². The number of aryl methyl sites for hydroxylation is 2. The third kappa shape index (κ3) is 2.27. The zero-order chi connectivity index (χ0) is 13.4. The lowest BCUT2D eigenvalue weighted by Gasteiger charge is -2.45. The molecule has 2 fully saturated rings. The quantitative estimate of drug-likeness (QED) is 0.838. The Morgan fingerprint density at radius 1 is 1.26 bits per heavy atom. The summed E-state index contributed by atoms with van der Waals surface area (Å²) >= 11 is 0. The van der Waals surface area contributed by atoms with Crippen LogP contribution in [0.25, 0.3) is 0 Å². The van der Waals surface area contributed by atoms with Gasteiger partial charge in [0.15, 0.2) is 0 Å². The van der Waals surface area contributed by atoms with Gasteiger partial charge in [0.05, 0.1) is 18.6 Å². The predicted molar refractivity (Wildman–Crippen MR) is 76.0 cm³/mol. The number of amides is 1. The van der Waals surface area contributed by atoms with Gasteiger partial charge in [-0.2, -0.15) is 0 Å². The van der Waals surface area contributed by atoms with Gasteiger partial charge in [-0.1, -0.05) is 23.8 Å². The number of piperidine rings is 1. The van der Waals surface area contributed by atoms with Crippen molar-refractivity contribution in [3.63, 3.8) is 0 Å². The Kier molecular flexibility index (Phi) is 3.31. The maximum Gasteiger partial charge on any atom is 0.236 e. The Bertz CT molecular complexity index is 498. The van der Waals surface area contributed by atoms with Crippen LogP contribution in [0.15, 0.2) is 18.2 Å². The number of carbonyl (C=O) groups excluding carboxylic acids is 1. The Morgan fingerprint density at radius 2 is 2.11 bits per heavy atom. The summed E-state index contributed by atoms with van der Waals surface area (Å²) in [5.41, 5.74) is 3.99. The van der Waals surface area contributed by atoms with Crippen molar-refractivity contribution in [2.75, 3.05) is 13.1 Å². The smallest absolute Gasteiger partial charge is 0.236 e. The lowest BCUT2D eigenvalue weighted by Crippen LogP contribution is -2.58. The van der Waals surface area contributed by atoms with Crippen LogP contribution in [0.1, 0.15) is 42.0 Å². The number of rotatable bonds is 1. The number of piperazine rings is 1. The lowest BCUT2D eigenvalue weighted by atomic mass is 9.86. The Hall–Kier alpha value is -1.35. The summed E-state index contributed by atoms with van der Waals surface area (Å²) in [6, 6.07) is 7.29. The minimum Gasteiger partial charge on any atom is -0.337 e. The van der Waals surface area contributed by atoms with Crippen molar-refractivity contribution >= 4 is 5.91 Å². The topological polar surface area (TPSA) is 32.3 Å². The van der Waals surface area contributed by atoms with Gasteiger partial charge in [0.25, 0.3) is 0 Å². The van der Waals surface area contributed by atoms with Crippen LogP contribution in [0, 0.1) is 13.8 Å². The van der Waals surface area contributed by atoms with Crippen molar-refractivity contribution in [3.05, 3.63) is 34.9 Å². The molecule has 1 N–H and O–H groups in total. The van der Waals surface area contributed by atoms with Crippen LogP contribution in [0.2, 0.25) is 0 Å². The Labute approximate surface area is 115 Å². The molecule has 0 saturated carbocycles. The highest BCUT2D eigenvalue weighted by molar-refractivity contribution is 5.80. The van der Waals surface area contributed by atoms with Crippen LogP contribution in [0.3, 0.4) is 0 Å². The lowest BCUT2D eigenvalue weighted by molar-refractivity contribution is -0.138. The zero-order valence-corrected chi connectivity index (χ0v) is 11.8. The maximum atomic E-state index is 12.0. The molecule has 2 heterocycles. The number of carbonyl (C=O) groups is 1. The van der Waals surface area contributed by atoms with E-state index in [0.29, 0.717) is 18.6 Å². The van der Waals surface area contributed by atoms with Gasteiger partial charge in [-0.15, -0.1) is 0 Å². The molecule has 1 aromatic rings. The van der Waals surface area contributed by atoms with Crippen molar-refractivity contribution in [2.24, 2.45) is 0 Å². The average molecular weight is 258 g/mol. The number of nitrogens with one attached hydrogen (secondary N) is 1.